The molecular formula is C13H19NO2. The van der Waals surface area contributed by atoms with Gasteiger partial charge in [-0.1, -0.05) is 30.3 Å². The predicted molar refractivity (Wildman–Crippen MR) is 63.2 cm³/mol. The fraction of sp³-hybridized carbons (Fsp3) is 0.538. The van der Waals surface area contributed by atoms with Gasteiger partial charge in [0.15, 0.2) is 0 Å². The second kappa shape index (κ2) is 5.43. The summed E-state index contributed by atoms with van der Waals surface area (Å²) in [6.07, 6.45) is 1.78. The van der Waals surface area contributed by atoms with Gasteiger partial charge in [0.25, 0.3) is 0 Å². The average Bonchev–Trinajstić information content (AvgIpc) is 2.62. The van der Waals surface area contributed by atoms with Crippen molar-refractivity contribution in [2.24, 2.45) is 0 Å². The van der Waals surface area contributed by atoms with Crippen LogP contribution < -0.4 is 5.32 Å². The summed E-state index contributed by atoms with van der Waals surface area (Å²) in [7, 11) is 0. The molecule has 0 saturated carbocycles. The van der Waals surface area contributed by atoms with E-state index in [1.54, 1.807) is 0 Å². The number of rotatable bonds is 4. The number of benzene rings is 1. The van der Waals surface area contributed by atoms with Crippen LogP contribution in [0, 0.1) is 0 Å². The fourth-order valence-electron chi connectivity index (χ4n) is 2.23. The molecule has 3 atom stereocenters. The Bertz CT molecular complexity index is 315. The molecule has 3 N–H and O–H groups in total. The molecule has 0 amide bonds. The molecule has 1 aliphatic heterocycles. The minimum atomic E-state index is -0.601. The standard InChI is InChI=1S/C13H19NO2/c15-12-9-14-11(13(12)16)8-4-7-10-5-2-1-3-6-10/h1-3,5-6,11-16H,4,7-9H2/t11-,12-,13-/m0/s1. The first kappa shape index (κ1) is 11.6. The SMILES string of the molecule is O[C@H]1[C@H](CCCc2ccccc2)NC[C@@H]1O. The van der Waals surface area contributed by atoms with Gasteiger partial charge in [0.2, 0.25) is 0 Å². The van der Waals surface area contributed by atoms with Crippen LogP contribution in [0.15, 0.2) is 30.3 Å². The van der Waals surface area contributed by atoms with Gasteiger partial charge in [0.1, 0.15) is 0 Å². The third kappa shape index (κ3) is 2.82. The summed E-state index contributed by atoms with van der Waals surface area (Å²) in [5.74, 6) is 0. The molecule has 0 aliphatic carbocycles. The van der Waals surface area contributed by atoms with Crippen molar-refractivity contribution in [1.82, 2.24) is 5.32 Å². The molecule has 88 valence electrons. The molecule has 1 aromatic rings. The Morgan fingerprint density at radius 3 is 2.56 bits per heavy atom. The van der Waals surface area contributed by atoms with Gasteiger partial charge in [-0.05, 0) is 24.8 Å². The van der Waals surface area contributed by atoms with Gasteiger partial charge in [-0.15, -0.1) is 0 Å². The highest BCUT2D eigenvalue weighted by Gasteiger charge is 2.31. The Balaban J connectivity index is 1.73. The lowest BCUT2D eigenvalue weighted by Crippen LogP contribution is -2.32. The van der Waals surface area contributed by atoms with E-state index in [9.17, 15) is 10.2 Å². The molecular weight excluding hydrogens is 202 g/mol. The summed E-state index contributed by atoms with van der Waals surface area (Å²) in [6, 6.07) is 10.4. The van der Waals surface area contributed by atoms with E-state index in [-0.39, 0.29) is 6.04 Å². The fourth-order valence-corrected chi connectivity index (χ4v) is 2.23. The number of nitrogens with one attached hydrogen (secondary N) is 1. The summed E-state index contributed by atoms with van der Waals surface area (Å²) in [5, 5.41) is 22.2. The molecule has 0 bridgehead atoms. The monoisotopic (exact) mass is 221 g/mol. The lowest BCUT2D eigenvalue weighted by molar-refractivity contribution is 0.0390. The molecule has 3 nitrogen and oxygen atoms in total. The largest absolute Gasteiger partial charge is 0.389 e. The zero-order valence-corrected chi connectivity index (χ0v) is 9.34. The molecule has 0 spiro atoms. The van der Waals surface area contributed by atoms with Crippen molar-refractivity contribution < 1.29 is 10.2 Å². The highest BCUT2D eigenvalue weighted by molar-refractivity contribution is 5.14. The maximum atomic E-state index is 9.64. The maximum absolute atomic E-state index is 9.64. The van der Waals surface area contributed by atoms with Gasteiger partial charge < -0.3 is 15.5 Å². The molecule has 1 heterocycles. The van der Waals surface area contributed by atoms with Crippen LogP contribution in [-0.4, -0.2) is 35.0 Å². The highest BCUT2D eigenvalue weighted by atomic mass is 16.3. The molecule has 1 saturated heterocycles. The van der Waals surface area contributed by atoms with Crippen molar-refractivity contribution >= 4 is 0 Å². The van der Waals surface area contributed by atoms with Crippen molar-refractivity contribution in [1.29, 1.82) is 0 Å². The molecule has 2 rings (SSSR count). The third-order valence-corrected chi connectivity index (χ3v) is 3.22. The number of hydrogen-bond acceptors (Lipinski definition) is 3. The van der Waals surface area contributed by atoms with Crippen LogP contribution in [0.5, 0.6) is 0 Å². The minimum Gasteiger partial charge on any atom is -0.389 e. The Hall–Kier alpha value is -0.900. The van der Waals surface area contributed by atoms with Crippen LogP contribution in [0.25, 0.3) is 0 Å². The van der Waals surface area contributed by atoms with Crippen molar-refractivity contribution in [3.8, 4) is 0 Å². The molecule has 0 radical (unpaired) electrons. The van der Waals surface area contributed by atoms with Crippen LogP contribution in [0.1, 0.15) is 18.4 Å². The topological polar surface area (TPSA) is 52.5 Å². The Morgan fingerprint density at radius 1 is 1.19 bits per heavy atom. The van der Waals surface area contributed by atoms with E-state index < -0.39 is 12.2 Å². The lowest BCUT2D eigenvalue weighted by atomic mass is 10.0. The molecule has 1 aromatic carbocycles. The van der Waals surface area contributed by atoms with Gasteiger partial charge in [-0.3, -0.25) is 0 Å². The van der Waals surface area contributed by atoms with Crippen molar-refractivity contribution in [2.45, 2.75) is 37.5 Å². The van der Waals surface area contributed by atoms with E-state index in [1.165, 1.54) is 5.56 Å². The minimum absolute atomic E-state index is 0.0544. The molecule has 0 unspecified atom stereocenters. The summed E-state index contributed by atoms with van der Waals surface area (Å²) in [4.78, 5) is 0. The zero-order chi connectivity index (χ0) is 11.4. The van der Waals surface area contributed by atoms with E-state index >= 15 is 0 Å². The second-order valence-corrected chi connectivity index (χ2v) is 4.45. The van der Waals surface area contributed by atoms with Crippen LogP contribution in [0.2, 0.25) is 0 Å². The van der Waals surface area contributed by atoms with E-state index in [2.05, 4.69) is 17.4 Å². The number of aliphatic hydroxyl groups excluding tert-OH is 2. The number of hydrogen-bond donors (Lipinski definition) is 3. The van der Waals surface area contributed by atoms with E-state index in [0.717, 1.165) is 19.3 Å². The van der Waals surface area contributed by atoms with Crippen LogP contribution in [-0.2, 0) is 6.42 Å². The normalized spacial score (nSPS) is 29.5. The Kier molecular flexibility index (Phi) is 3.93. The Labute approximate surface area is 96.1 Å². The van der Waals surface area contributed by atoms with Crippen LogP contribution >= 0.6 is 0 Å². The van der Waals surface area contributed by atoms with E-state index in [1.807, 2.05) is 18.2 Å². The predicted octanol–water partition coefficient (Wildman–Crippen LogP) is 0.703. The van der Waals surface area contributed by atoms with Crippen molar-refractivity contribution in [2.75, 3.05) is 6.54 Å². The first-order valence-electron chi connectivity index (χ1n) is 5.91. The van der Waals surface area contributed by atoms with Crippen LogP contribution in [0.3, 0.4) is 0 Å². The Morgan fingerprint density at radius 2 is 1.94 bits per heavy atom. The number of β-amino-alcohol motifs (C(OH)–C–C–N with tert-alkyl or cyclic N) is 1. The molecule has 1 aliphatic rings. The van der Waals surface area contributed by atoms with Crippen LogP contribution in [0.4, 0.5) is 0 Å². The quantitative estimate of drug-likeness (QED) is 0.701. The molecule has 0 aromatic heterocycles. The van der Waals surface area contributed by atoms with Gasteiger partial charge in [0, 0.05) is 12.6 Å². The van der Waals surface area contributed by atoms with Gasteiger partial charge in [-0.2, -0.15) is 0 Å². The average molecular weight is 221 g/mol. The summed E-state index contributed by atoms with van der Waals surface area (Å²) in [5.41, 5.74) is 1.33. The zero-order valence-electron chi connectivity index (χ0n) is 9.34. The first-order valence-corrected chi connectivity index (χ1v) is 5.91. The first-order chi connectivity index (χ1) is 7.77. The van der Waals surface area contributed by atoms with Gasteiger partial charge in [-0.25, -0.2) is 0 Å². The smallest absolute Gasteiger partial charge is 0.0964 e. The number of aliphatic hydroxyl groups is 2. The molecule has 16 heavy (non-hydrogen) atoms. The molecule has 1 fully saturated rings. The second-order valence-electron chi connectivity index (χ2n) is 4.45. The highest BCUT2D eigenvalue weighted by Crippen LogP contribution is 2.14. The third-order valence-electron chi connectivity index (χ3n) is 3.22. The summed E-state index contributed by atoms with van der Waals surface area (Å²) >= 11 is 0. The van der Waals surface area contributed by atoms with Gasteiger partial charge >= 0.3 is 0 Å². The number of aryl methyl sites for hydroxylation is 1. The van der Waals surface area contributed by atoms with Gasteiger partial charge in [0.05, 0.1) is 12.2 Å². The van der Waals surface area contributed by atoms with Crippen molar-refractivity contribution in [3.05, 3.63) is 35.9 Å². The van der Waals surface area contributed by atoms with E-state index in [0.29, 0.717) is 6.54 Å². The molecule has 3 heteroatoms. The van der Waals surface area contributed by atoms with Crippen molar-refractivity contribution in [3.63, 3.8) is 0 Å². The lowest BCUT2D eigenvalue weighted by Gasteiger charge is -2.15. The van der Waals surface area contributed by atoms with E-state index in [4.69, 9.17) is 0 Å². The summed E-state index contributed by atoms with van der Waals surface area (Å²) in [6.45, 7) is 0.511. The maximum Gasteiger partial charge on any atom is 0.0964 e. The summed E-state index contributed by atoms with van der Waals surface area (Å²) < 4.78 is 0.